The highest BCUT2D eigenvalue weighted by molar-refractivity contribution is 5.93. The van der Waals surface area contributed by atoms with Gasteiger partial charge in [0.2, 0.25) is 0 Å². The van der Waals surface area contributed by atoms with E-state index in [0.29, 0.717) is 12.1 Å². The molecule has 0 aliphatic rings. The van der Waals surface area contributed by atoms with E-state index in [1.165, 1.54) is 24.3 Å². The van der Waals surface area contributed by atoms with Gasteiger partial charge in [0.1, 0.15) is 5.82 Å². The van der Waals surface area contributed by atoms with Crippen LogP contribution in [0.25, 0.3) is 0 Å². The fraction of sp³-hybridized carbons (Fsp3) is 0.300. The molecule has 2 nitrogen and oxygen atoms in total. The predicted octanol–water partition coefficient (Wildman–Crippen LogP) is 1.92. The third kappa shape index (κ3) is 2.28. The van der Waals surface area contributed by atoms with E-state index in [1.807, 2.05) is 6.92 Å². The molecule has 0 spiro atoms. The molecule has 0 saturated carbocycles. The highest BCUT2D eigenvalue weighted by Gasteiger charge is 2.08. The molecule has 0 bridgehead atoms. The van der Waals surface area contributed by atoms with Gasteiger partial charge in [-0.3, -0.25) is 4.79 Å². The average molecular weight is 181 g/mol. The van der Waals surface area contributed by atoms with Gasteiger partial charge in [-0.1, -0.05) is 0 Å². The van der Waals surface area contributed by atoms with Gasteiger partial charge in [0.05, 0.1) is 0 Å². The van der Waals surface area contributed by atoms with Crippen molar-refractivity contribution < 1.29 is 9.18 Å². The van der Waals surface area contributed by atoms with Gasteiger partial charge in [0, 0.05) is 19.2 Å². The second-order valence-electron chi connectivity index (χ2n) is 2.83. The van der Waals surface area contributed by atoms with Crippen LogP contribution >= 0.6 is 0 Å². The SMILES string of the molecule is CCN(C)C(=O)c1ccc(F)cc1. The van der Waals surface area contributed by atoms with Crippen LogP contribution in [0.15, 0.2) is 24.3 Å². The Balaban J connectivity index is 2.83. The molecule has 0 heterocycles. The Labute approximate surface area is 77.0 Å². The standard InChI is InChI=1S/C10H12FNO/c1-3-12(2)10(13)8-4-6-9(11)7-5-8/h4-7H,3H2,1-2H3. The molecule has 0 aliphatic carbocycles. The summed E-state index contributed by atoms with van der Waals surface area (Å²) in [6.45, 7) is 2.54. The minimum atomic E-state index is -0.323. The Bertz CT molecular complexity index is 294. The number of amides is 1. The molecule has 0 radical (unpaired) electrons. The first-order chi connectivity index (χ1) is 6.15. The van der Waals surface area contributed by atoms with Crippen LogP contribution in [-0.2, 0) is 0 Å². The third-order valence-electron chi connectivity index (χ3n) is 1.91. The molecule has 0 aliphatic heterocycles. The van der Waals surface area contributed by atoms with Crippen molar-refractivity contribution in [2.75, 3.05) is 13.6 Å². The summed E-state index contributed by atoms with van der Waals surface area (Å²) < 4.78 is 12.5. The summed E-state index contributed by atoms with van der Waals surface area (Å²) in [4.78, 5) is 13.1. The lowest BCUT2D eigenvalue weighted by molar-refractivity contribution is 0.0802. The van der Waals surface area contributed by atoms with Gasteiger partial charge < -0.3 is 4.90 Å². The molecule has 0 unspecified atom stereocenters. The van der Waals surface area contributed by atoms with Gasteiger partial charge in [-0.25, -0.2) is 4.39 Å². The number of carbonyl (C=O) groups excluding carboxylic acids is 1. The zero-order chi connectivity index (χ0) is 9.84. The van der Waals surface area contributed by atoms with Gasteiger partial charge in [-0.05, 0) is 31.2 Å². The maximum Gasteiger partial charge on any atom is 0.253 e. The topological polar surface area (TPSA) is 20.3 Å². The number of halogens is 1. The van der Waals surface area contributed by atoms with Gasteiger partial charge >= 0.3 is 0 Å². The molecule has 1 aromatic carbocycles. The van der Waals surface area contributed by atoms with Gasteiger partial charge in [-0.2, -0.15) is 0 Å². The number of nitrogens with zero attached hydrogens (tertiary/aromatic N) is 1. The number of hydrogen-bond donors (Lipinski definition) is 0. The Morgan fingerprint density at radius 3 is 2.38 bits per heavy atom. The summed E-state index contributed by atoms with van der Waals surface area (Å²) in [5.74, 6) is -0.404. The van der Waals surface area contributed by atoms with E-state index in [2.05, 4.69) is 0 Å². The Hall–Kier alpha value is -1.38. The van der Waals surface area contributed by atoms with Crippen molar-refractivity contribution >= 4 is 5.91 Å². The van der Waals surface area contributed by atoms with Gasteiger partial charge in [0.25, 0.3) is 5.91 Å². The van der Waals surface area contributed by atoms with E-state index in [4.69, 9.17) is 0 Å². The van der Waals surface area contributed by atoms with Crippen LogP contribution < -0.4 is 0 Å². The van der Waals surface area contributed by atoms with Crippen molar-refractivity contribution in [3.05, 3.63) is 35.6 Å². The molecule has 70 valence electrons. The van der Waals surface area contributed by atoms with Gasteiger partial charge in [0.15, 0.2) is 0 Å². The monoisotopic (exact) mass is 181 g/mol. The van der Waals surface area contributed by atoms with Crippen molar-refractivity contribution in [3.63, 3.8) is 0 Å². The van der Waals surface area contributed by atoms with E-state index in [0.717, 1.165) is 0 Å². The quantitative estimate of drug-likeness (QED) is 0.682. The molecule has 0 N–H and O–H groups in total. The first-order valence-corrected chi connectivity index (χ1v) is 4.16. The highest BCUT2D eigenvalue weighted by Crippen LogP contribution is 2.05. The maximum absolute atomic E-state index is 12.5. The predicted molar refractivity (Wildman–Crippen MR) is 49.0 cm³/mol. The number of benzene rings is 1. The molecule has 1 aromatic rings. The van der Waals surface area contributed by atoms with E-state index < -0.39 is 0 Å². The lowest BCUT2D eigenvalue weighted by atomic mass is 10.2. The van der Waals surface area contributed by atoms with Gasteiger partial charge in [-0.15, -0.1) is 0 Å². The molecule has 0 saturated heterocycles. The second-order valence-corrected chi connectivity index (χ2v) is 2.83. The van der Waals surface area contributed by atoms with Crippen LogP contribution in [0.4, 0.5) is 4.39 Å². The van der Waals surface area contributed by atoms with Crippen molar-refractivity contribution in [3.8, 4) is 0 Å². The molecule has 0 fully saturated rings. The zero-order valence-corrected chi connectivity index (χ0v) is 7.75. The van der Waals surface area contributed by atoms with E-state index in [1.54, 1.807) is 11.9 Å². The summed E-state index contributed by atoms with van der Waals surface area (Å²) in [5.41, 5.74) is 0.519. The smallest absolute Gasteiger partial charge is 0.253 e. The Morgan fingerprint density at radius 1 is 1.38 bits per heavy atom. The van der Waals surface area contributed by atoms with Crippen molar-refractivity contribution in [2.45, 2.75) is 6.92 Å². The Kier molecular flexibility index (Phi) is 3.01. The number of rotatable bonds is 2. The van der Waals surface area contributed by atoms with Crippen LogP contribution in [-0.4, -0.2) is 24.4 Å². The number of carbonyl (C=O) groups is 1. The molecule has 1 rings (SSSR count). The van der Waals surface area contributed by atoms with E-state index in [9.17, 15) is 9.18 Å². The van der Waals surface area contributed by atoms with E-state index >= 15 is 0 Å². The first kappa shape index (κ1) is 9.71. The average Bonchev–Trinajstić information content (AvgIpc) is 2.17. The molecule has 13 heavy (non-hydrogen) atoms. The van der Waals surface area contributed by atoms with Crippen LogP contribution in [0.2, 0.25) is 0 Å². The van der Waals surface area contributed by atoms with E-state index in [-0.39, 0.29) is 11.7 Å². The highest BCUT2D eigenvalue weighted by atomic mass is 19.1. The summed E-state index contributed by atoms with van der Waals surface area (Å²) in [6.07, 6.45) is 0. The fourth-order valence-corrected chi connectivity index (χ4v) is 0.956. The molecular formula is C10H12FNO. The largest absolute Gasteiger partial charge is 0.342 e. The first-order valence-electron chi connectivity index (χ1n) is 4.16. The zero-order valence-electron chi connectivity index (χ0n) is 7.75. The molecule has 1 amide bonds. The summed E-state index contributed by atoms with van der Waals surface area (Å²) >= 11 is 0. The fourth-order valence-electron chi connectivity index (χ4n) is 0.956. The second kappa shape index (κ2) is 4.03. The third-order valence-corrected chi connectivity index (χ3v) is 1.91. The summed E-state index contributed by atoms with van der Waals surface area (Å²) in [7, 11) is 1.71. The Morgan fingerprint density at radius 2 is 1.92 bits per heavy atom. The van der Waals surface area contributed by atoms with Crippen LogP contribution in [0.5, 0.6) is 0 Å². The molecule has 0 aromatic heterocycles. The maximum atomic E-state index is 12.5. The van der Waals surface area contributed by atoms with Crippen LogP contribution in [0, 0.1) is 5.82 Å². The normalized spacial score (nSPS) is 9.77. The molecule has 0 atom stereocenters. The number of hydrogen-bond acceptors (Lipinski definition) is 1. The van der Waals surface area contributed by atoms with Crippen molar-refractivity contribution in [2.24, 2.45) is 0 Å². The lowest BCUT2D eigenvalue weighted by Crippen LogP contribution is -2.26. The van der Waals surface area contributed by atoms with Crippen LogP contribution in [0.1, 0.15) is 17.3 Å². The molecular weight excluding hydrogens is 169 g/mol. The lowest BCUT2D eigenvalue weighted by Gasteiger charge is -2.13. The van der Waals surface area contributed by atoms with Crippen molar-refractivity contribution in [1.82, 2.24) is 4.90 Å². The summed E-state index contributed by atoms with van der Waals surface area (Å²) in [5, 5.41) is 0. The molecule has 3 heteroatoms. The summed E-state index contributed by atoms with van der Waals surface area (Å²) in [6, 6.07) is 5.56. The van der Waals surface area contributed by atoms with Crippen molar-refractivity contribution in [1.29, 1.82) is 0 Å². The minimum absolute atomic E-state index is 0.0810. The van der Waals surface area contributed by atoms with Crippen LogP contribution in [0.3, 0.4) is 0 Å². The minimum Gasteiger partial charge on any atom is -0.342 e.